The van der Waals surface area contributed by atoms with E-state index in [0.717, 1.165) is 0 Å². The van der Waals surface area contributed by atoms with Gasteiger partial charge in [-0.15, -0.1) is 0 Å². The second-order valence-electron chi connectivity index (χ2n) is 6.63. The fourth-order valence-corrected chi connectivity index (χ4v) is 2.56. The lowest BCUT2D eigenvalue weighted by Gasteiger charge is -2.11. The average molecular weight is 430 g/mol. The van der Waals surface area contributed by atoms with Gasteiger partial charge in [-0.05, 0) is 38.1 Å². The molecule has 2 aromatic heterocycles. The molecule has 0 aliphatic heterocycles. The molecule has 0 saturated carbocycles. The van der Waals surface area contributed by atoms with Crippen LogP contribution in [0.5, 0.6) is 0 Å². The minimum Gasteiger partial charge on any atom is -0.321 e. The van der Waals surface area contributed by atoms with E-state index in [1.54, 1.807) is 50.8 Å². The van der Waals surface area contributed by atoms with E-state index in [9.17, 15) is 19.2 Å². The molecule has 4 rings (SSSR count). The lowest BCUT2D eigenvalue weighted by atomic mass is 10.0. The zero-order chi connectivity index (χ0) is 23.1. The number of nitrogens with one attached hydrogen (secondary N) is 2. The van der Waals surface area contributed by atoms with Gasteiger partial charge in [-0.3, -0.25) is 19.2 Å². The maximum absolute atomic E-state index is 11.7. The largest absolute Gasteiger partial charge is 0.321 e. The van der Waals surface area contributed by atoms with Gasteiger partial charge in [0.1, 0.15) is 0 Å². The standard InChI is InChI=1S/2C11H9N3O2/c1-7-5-10(16)8(6-9(7)15)14-11-12-3-2-4-13-11;1-7-5-8(15)6-9(10(7)16)14-11-12-3-2-4-13-11/h2*2-6H,1H3,(H,12,13,14). The summed E-state index contributed by atoms with van der Waals surface area (Å²) >= 11 is 0. The highest BCUT2D eigenvalue weighted by Gasteiger charge is 2.19. The van der Waals surface area contributed by atoms with Crippen molar-refractivity contribution in [2.24, 2.45) is 0 Å². The molecule has 0 amide bonds. The van der Waals surface area contributed by atoms with Crippen molar-refractivity contribution in [2.75, 3.05) is 10.6 Å². The lowest BCUT2D eigenvalue weighted by Crippen LogP contribution is -2.19. The van der Waals surface area contributed by atoms with Crippen LogP contribution >= 0.6 is 0 Å². The number of Topliss-reactive ketones (excluding diaryl/α,β-unsaturated/α-hetero) is 1. The number of hydrogen-bond acceptors (Lipinski definition) is 10. The molecule has 2 aliphatic carbocycles. The van der Waals surface area contributed by atoms with E-state index < -0.39 is 0 Å². The minimum atomic E-state index is -0.246. The van der Waals surface area contributed by atoms with Gasteiger partial charge < -0.3 is 10.6 Å². The number of allylic oxidation sites excluding steroid dienone is 6. The number of rotatable bonds is 4. The molecular formula is C22H18N6O4. The number of carbonyl (C=O) groups excluding carboxylic acids is 4. The molecule has 2 N–H and O–H groups in total. The number of hydrogen-bond donors (Lipinski definition) is 2. The highest BCUT2D eigenvalue weighted by molar-refractivity contribution is 6.21. The molecule has 2 aliphatic rings. The van der Waals surface area contributed by atoms with Crippen molar-refractivity contribution in [3.63, 3.8) is 0 Å². The Morgan fingerprint density at radius 1 is 0.594 bits per heavy atom. The predicted octanol–water partition coefficient (Wildman–Crippen LogP) is 1.74. The SMILES string of the molecule is CC1=CC(=O)C(Nc2ncccn2)=CC1=O.CC1=CC(=O)C=C(Nc2ncccn2)C1=O. The Morgan fingerprint density at radius 3 is 1.69 bits per heavy atom. The van der Waals surface area contributed by atoms with Gasteiger partial charge in [-0.25, -0.2) is 19.9 Å². The Balaban J connectivity index is 0.000000181. The summed E-state index contributed by atoms with van der Waals surface area (Å²) in [5.41, 5.74) is 1.24. The zero-order valence-electron chi connectivity index (χ0n) is 17.2. The third kappa shape index (κ3) is 5.72. The first-order chi connectivity index (χ1) is 15.3. The van der Waals surface area contributed by atoms with E-state index in [4.69, 9.17) is 0 Å². The van der Waals surface area contributed by atoms with E-state index in [1.807, 2.05) is 0 Å². The summed E-state index contributed by atoms with van der Waals surface area (Å²) < 4.78 is 0. The Labute approximate surface area is 182 Å². The molecule has 32 heavy (non-hydrogen) atoms. The number of nitrogens with zero attached hydrogens (tertiary/aromatic N) is 4. The van der Waals surface area contributed by atoms with Crippen molar-refractivity contribution in [1.29, 1.82) is 0 Å². The van der Waals surface area contributed by atoms with Crippen LogP contribution in [0.4, 0.5) is 11.9 Å². The maximum atomic E-state index is 11.7. The van der Waals surface area contributed by atoms with Crippen molar-refractivity contribution in [1.82, 2.24) is 19.9 Å². The van der Waals surface area contributed by atoms with Crippen LogP contribution in [0, 0.1) is 0 Å². The van der Waals surface area contributed by atoms with Crippen LogP contribution in [0.1, 0.15) is 13.8 Å². The van der Waals surface area contributed by atoms with E-state index in [-0.39, 0.29) is 34.5 Å². The summed E-state index contributed by atoms with van der Waals surface area (Å²) in [7, 11) is 0. The number of ketones is 4. The summed E-state index contributed by atoms with van der Waals surface area (Å²) in [6, 6.07) is 3.33. The third-order valence-electron chi connectivity index (χ3n) is 4.15. The molecule has 0 aromatic carbocycles. The molecule has 10 heteroatoms. The maximum Gasteiger partial charge on any atom is 0.227 e. The molecule has 0 atom stereocenters. The van der Waals surface area contributed by atoms with Gasteiger partial charge in [0, 0.05) is 48.1 Å². The van der Waals surface area contributed by atoms with E-state index >= 15 is 0 Å². The molecule has 160 valence electrons. The Bertz CT molecular complexity index is 1200. The van der Waals surface area contributed by atoms with Gasteiger partial charge in [0.15, 0.2) is 11.6 Å². The molecule has 10 nitrogen and oxygen atoms in total. The first kappa shape index (κ1) is 22.1. The van der Waals surface area contributed by atoms with Gasteiger partial charge in [0.25, 0.3) is 0 Å². The fraction of sp³-hybridized carbons (Fsp3) is 0.0909. The molecule has 2 heterocycles. The van der Waals surface area contributed by atoms with Crippen LogP contribution in [-0.2, 0) is 19.2 Å². The monoisotopic (exact) mass is 430 g/mol. The Kier molecular flexibility index (Phi) is 6.86. The summed E-state index contributed by atoms with van der Waals surface area (Å²) in [6.45, 7) is 3.20. The number of aromatic nitrogens is 4. The van der Waals surface area contributed by atoms with Crippen LogP contribution in [-0.4, -0.2) is 43.1 Å². The van der Waals surface area contributed by atoms with Crippen LogP contribution in [0.3, 0.4) is 0 Å². The summed E-state index contributed by atoms with van der Waals surface area (Å²) in [5.74, 6) is -0.266. The van der Waals surface area contributed by atoms with Crippen molar-refractivity contribution in [3.8, 4) is 0 Å². The molecular weight excluding hydrogens is 412 g/mol. The molecule has 0 radical (unpaired) electrons. The van der Waals surface area contributed by atoms with Crippen molar-refractivity contribution in [2.45, 2.75) is 13.8 Å². The molecule has 0 fully saturated rings. The van der Waals surface area contributed by atoms with E-state index in [0.29, 0.717) is 23.0 Å². The minimum absolute atomic E-state index is 0.182. The molecule has 0 bridgehead atoms. The van der Waals surface area contributed by atoms with Gasteiger partial charge in [0.2, 0.25) is 23.5 Å². The Hall–Kier alpha value is -4.60. The van der Waals surface area contributed by atoms with Crippen LogP contribution in [0.15, 0.2) is 83.8 Å². The second kappa shape index (κ2) is 9.94. The normalized spacial score (nSPS) is 15.6. The van der Waals surface area contributed by atoms with Gasteiger partial charge in [-0.1, -0.05) is 0 Å². The highest BCUT2D eigenvalue weighted by Crippen LogP contribution is 2.14. The fourth-order valence-electron chi connectivity index (χ4n) is 2.56. The predicted molar refractivity (Wildman–Crippen MR) is 115 cm³/mol. The summed E-state index contributed by atoms with van der Waals surface area (Å²) in [4.78, 5) is 61.4. The van der Waals surface area contributed by atoms with Crippen LogP contribution in [0.25, 0.3) is 0 Å². The highest BCUT2D eigenvalue weighted by atomic mass is 16.1. The summed E-state index contributed by atoms with van der Waals surface area (Å²) in [5, 5.41) is 5.42. The first-order valence-corrected chi connectivity index (χ1v) is 9.39. The van der Waals surface area contributed by atoms with Crippen LogP contribution in [0.2, 0.25) is 0 Å². The van der Waals surface area contributed by atoms with Crippen LogP contribution < -0.4 is 10.6 Å². The van der Waals surface area contributed by atoms with Crippen molar-refractivity contribution >= 4 is 35.0 Å². The van der Waals surface area contributed by atoms with Gasteiger partial charge in [0.05, 0.1) is 11.4 Å². The topological polar surface area (TPSA) is 144 Å². The Morgan fingerprint density at radius 2 is 1.12 bits per heavy atom. The summed E-state index contributed by atoms with van der Waals surface area (Å²) in [6.07, 6.45) is 11.3. The molecule has 2 aromatic rings. The third-order valence-corrected chi connectivity index (χ3v) is 4.15. The number of anilines is 2. The molecule has 0 spiro atoms. The number of carbonyl (C=O) groups is 4. The smallest absolute Gasteiger partial charge is 0.227 e. The quantitative estimate of drug-likeness (QED) is 0.688. The van der Waals surface area contributed by atoms with Crippen molar-refractivity contribution in [3.05, 3.63) is 83.8 Å². The van der Waals surface area contributed by atoms with E-state index in [1.165, 1.54) is 24.3 Å². The molecule has 0 saturated heterocycles. The lowest BCUT2D eigenvalue weighted by molar-refractivity contribution is -0.115. The van der Waals surface area contributed by atoms with E-state index in [2.05, 4.69) is 30.6 Å². The molecule has 0 unspecified atom stereocenters. The first-order valence-electron chi connectivity index (χ1n) is 9.39. The van der Waals surface area contributed by atoms with Crippen molar-refractivity contribution < 1.29 is 19.2 Å². The van der Waals surface area contributed by atoms with Gasteiger partial charge in [-0.2, -0.15) is 0 Å². The second-order valence-corrected chi connectivity index (χ2v) is 6.63. The average Bonchev–Trinajstić information content (AvgIpc) is 2.77. The van der Waals surface area contributed by atoms with Gasteiger partial charge >= 0.3 is 0 Å². The zero-order valence-corrected chi connectivity index (χ0v) is 17.2.